The fourth-order valence-electron chi connectivity index (χ4n) is 5.49. The number of amides is 3. The van der Waals surface area contributed by atoms with Crippen molar-refractivity contribution in [3.05, 3.63) is 82.9 Å². The molecular weight excluding hydrogens is 440 g/mol. The first-order valence-electron chi connectivity index (χ1n) is 11.2. The van der Waals surface area contributed by atoms with Gasteiger partial charge >= 0.3 is 0 Å². The van der Waals surface area contributed by atoms with Crippen molar-refractivity contribution >= 4 is 35.1 Å². The lowest BCUT2D eigenvalue weighted by atomic mass is 9.85. The largest absolute Gasteiger partial charge is 0.292 e. The number of carbonyl (C=O) groups excluding carboxylic acids is 4. The third-order valence-corrected chi connectivity index (χ3v) is 7.35. The van der Waals surface area contributed by atoms with E-state index >= 15 is 0 Å². The molecule has 1 saturated carbocycles. The SMILES string of the molecule is CC[C@H](C(=O)c1ccccc1)N(C(=O)c1ccccc1Cl)N1C(=O)[C@H]2[C@H](C1=O)[C@H]1C=C[C@H]2C1. The number of carbonyl (C=O) groups is 4. The molecule has 1 saturated heterocycles. The van der Waals surface area contributed by atoms with Crippen LogP contribution in [0.1, 0.15) is 40.5 Å². The molecule has 3 amide bonds. The second kappa shape index (κ2) is 8.27. The molecule has 0 radical (unpaired) electrons. The fraction of sp³-hybridized carbons (Fsp3) is 0.308. The summed E-state index contributed by atoms with van der Waals surface area (Å²) in [6.07, 6.45) is 4.99. The molecular formula is C26H23ClN2O4. The maximum atomic E-state index is 13.8. The lowest BCUT2D eigenvalue weighted by Crippen LogP contribution is -2.57. The molecule has 168 valence electrons. The molecule has 2 aromatic rings. The van der Waals surface area contributed by atoms with Gasteiger partial charge in [0.05, 0.1) is 22.4 Å². The van der Waals surface area contributed by atoms with Crippen molar-refractivity contribution in [3.8, 4) is 0 Å². The molecule has 5 rings (SSSR count). The molecule has 2 bridgehead atoms. The van der Waals surface area contributed by atoms with Crippen LogP contribution in [0.3, 0.4) is 0 Å². The van der Waals surface area contributed by atoms with Crippen molar-refractivity contribution < 1.29 is 19.2 Å². The van der Waals surface area contributed by atoms with E-state index in [4.69, 9.17) is 11.6 Å². The van der Waals surface area contributed by atoms with E-state index in [-0.39, 0.29) is 34.6 Å². The Morgan fingerprint density at radius 2 is 1.55 bits per heavy atom. The van der Waals surface area contributed by atoms with Crippen LogP contribution >= 0.6 is 11.6 Å². The van der Waals surface area contributed by atoms with Crippen LogP contribution in [-0.2, 0) is 9.59 Å². The van der Waals surface area contributed by atoms with Crippen LogP contribution in [0.15, 0.2) is 66.7 Å². The maximum absolute atomic E-state index is 13.8. The maximum Gasteiger partial charge on any atom is 0.275 e. The Morgan fingerprint density at radius 3 is 2.12 bits per heavy atom. The smallest absolute Gasteiger partial charge is 0.275 e. The third kappa shape index (κ3) is 3.32. The molecule has 7 heteroatoms. The average molecular weight is 463 g/mol. The van der Waals surface area contributed by atoms with Gasteiger partial charge in [0.1, 0.15) is 6.04 Å². The molecule has 33 heavy (non-hydrogen) atoms. The lowest BCUT2D eigenvalue weighted by Gasteiger charge is -2.36. The normalized spacial score (nSPS) is 25.9. The quantitative estimate of drug-likeness (QED) is 0.367. The zero-order valence-corrected chi connectivity index (χ0v) is 18.8. The van der Waals surface area contributed by atoms with Crippen LogP contribution in [0.5, 0.6) is 0 Å². The highest BCUT2D eigenvalue weighted by molar-refractivity contribution is 6.34. The van der Waals surface area contributed by atoms with Crippen LogP contribution in [-0.4, -0.2) is 39.6 Å². The number of ketones is 1. The standard InChI is InChI=1S/C26H23ClN2O4/c1-2-20(23(30)15-8-4-3-5-9-15)28(24(31)18-10-6-7-11-19(18)27)29-25(32)21-16-12-13-17(14-16)22(21)26(29)33/h3-13,16-17,20-22H,2,14H2,1H3/t16-,17-,20+,21+,22+/m0/s1. The van der Waals surface area contributed by atoms with E-state index in [9.17, 15) is 19.2 Å². The summed E-state index contributed by atoms with van der Waals surface area (Å²) in [5.41, 5.74) is 0.541. The predicted octanol–water partition coefficient (Wildman–Crippen LogP) is 4.17. The molecule has 3 aliphatic rings. The van der Waals surface area contributed by atoms with Crippen LogP contribution in [0.4, 0.5) is 0 Å². The molecule has 1 heterocycles. The van der Waals surface area contributed by atoms with E-state index in [0.29, 0.717) is 5.56 Å². The molecule has 2 aromatic carbocycles. The molecule has 0 aromatic heterocycles. The number of hydrogen-bond donors (Lipinski definition) is 0. The molecule has 0 unspecified atom stereocenters. The summed E-state index contributed by atoms with van der Waals surface area (Å²) in [6.45, 7) is 1.76. The fourth-order valence-corrected chi connectivity index (χ4v) is 5.71. The van der Waals surface area contributed by atoms with E-state index < -0.39 is 35.6 Å². The molecule has 0 N–H and O–H groups in total. The first-order chi connectivity index (χ1) is 15.9. The summed E-state index contributed by atoms with van der Waals surface area (Å²) in [4.78, 5) is 54.4. The van der Waals surface area contributed by atoms with Gasteiger partial charge in [-0.3, -0.25) is 19.2 Å². The molecule has 1 aliphatic heterocycles. The zero-order valence-electron chi connectivity index (χ0n) is 18.1. The predicted molar refractivity (Wildman–Crippen MR) is 122 cm³/mol. The summed E-state index contributed by atoms with van der Waals surface area (Å²) in [5, 5.41) is 2.21. The molecule has 0 spiro atoms. The number of imide groups is 1. The van der Waals surface area contributed by atoms with Gasteiger partial charge in [0, 0.05) is 5.56 Å². The van der Waals surface area contributed by atoms with Crippen molar-refractivity contribution in [2.24, 2.45) is 23.7 Å². The van der Waals surface area contributed by atoms with Crippen molar-refractivity contribution in [2.75, 3.05) is 0 Å². The highest BCUT2D eigenvalue weighted by Gasteiger charge is 2.62. The third-order valence-electron chi connectivity index (χ3n) is 7.02. The minimum Gasteiger partial charge on any atom is -0.292 e. The van der Waals surface area contributed by atoms with E-state index in [1.54, 1.807) is 55.5 Å². The van der Waals surface area contributed by atoms with Gasteiger partial charge in [-0.2, -0.15) is 5.01 Å². The highest BCUT2D eigenvalue weighted by Crippen LogP contribution is 2.53. The number of benzene rings is 2. The number of nitrogens with zero attached hydrogens (tertiary/aromatic N) is 2. The summed E-state index contributed by atoms with van der Waals surface area (Å²) >= 11 is 6.31. The Hall–Kier alpha value is -3.25. The van der Waals surface area contributed by atoms with Crippen molar-refractivity contribution in [2.45, 2.75) is 25.8 Å². The second-order valence-electron chi connectivity index (χ2n) is 8.77. The first kappa shape index (κ1) is 21.6. The highest BCUT2D eigenvalue weighted by atomic mass is 35.5. The average Bonchev–Trinajstić information content (AvgIpc) is 3.52. The van der Waals surface area contributed by atoms with Crippen LogP contribution in [0.2, 0.25) is 5.02 Å². The van der Waals surface area contributed by atoms with Crippen LogP contribution < -0.4 is 0 Å². The summed E-state index contributed by atoms with van der Waals surface area (Å²) < 4.78 is 0. The summed E-state index contributed by atoms with van der Waals surface area (Å²) in [5.74, 6) is -2.80. The number of fused-ring (bicyclic) bond motifs is 5. The van der Waals surface area contributed by atoms with Crippen molar-refractivity contribution in [1.29, 1.82) is 0 Å². The van der Waals surface area contributed by atoms with Gasteiger partial charge in [0.2, 0.25) is 0 Å². The number of hydrazine groups is 1. The van der Waals surface area contributed by atoms with Gasteiger partial charge in [-0.25, -0.2) is 5.01 Å². The van der Waals surface area contributed by atoms with E-state index in [2.05, 4.69) is 0 Å². The minimum absolute atomic E-state index is 0.0105. The van der Waals surface area contributed by atoms with Gasteiger partial charge in [0.15, 0.2) is 5.78 Å². The van der Waals surface area contributed by atoms with Gasteiger partial charge in [-0.15, -0.1) is 0 Å². The Morgan fingerprint density at radius 1 is 0.970 bits per heavy atom. The second-order valence-corrected chi connectivity index (χ2v) is 9.18. The van der Waals surface area contributed by atoms with E-state index in [1.165, 1.54) is 6.07 Å². The topological polar surface area (TPSA) is 74.8 Å². The first-order valence-corrected chi connectivity index (χ1v) is 11.5. The number of Topliss-reactive ketones (excluding diaryl/α,β-unsaturated/α-hetero) is 1. The minimum atomic E-state index is -1.03. The van der Waals surface area contributed by atoms with Gasteiger partial charge < -0.3 is 0 Å². The Labute approximate surface area is 196 Å². The van der Waals surface area contributed by atoms with E-state index in [1.807, 2.05) is 12.2 Å². The Balaban J connectivity index is 1.60. The Bertz CT molecular complexity index is 1150. The van der Waals surface area contributed by atoms with Crippen LogP contribution in [0, 0.1) is 23.7 Å². The van der Waals surface area contributed by atoms with Gasteiger partial charge in [0.25, 0.3) is 17.7 Å². The van der Waals surface area contributed by atoms with Gasteiger partial charge in [-0.05, 0) is 36.8 Å². The number of allylic oxidation sites excluding steroid dienone is 2. The summed E-state index contributed by atoms with van der Waals surface area (Å²) in [7, 11) is 0. The van der Waals surface area contributed by atoms with Crippen molar-refractivity contribution in [3.63, 3.8) is 0 Å². The molecule has 2 fully saturated rings. The monoisotopic (exact) mass is 462 g/mol. The molecule has 5 atom stereocenters. The van der Waals surface area contributed by atoms with E-state index in [0.717, 1.165) is 16.4 Å². The van der Waals surface area contributed by atoms with Crippen LogP contribution in [0.25, 0.3) is 0 Å². The number of hydrogen-bond acceptors (Lipinski definition) is 4. The molecule has 2 aliphatic carbocycles. The number of halogens is 1. The molecule has 6 nitrogen and oxygen atoms in total. The zero-order chi connectivity index (χ0) is 23.3. The number of rotatable bonds is 6. The van der Waals surface area contributed by atoms with Crippen molar-refractivity contribution in [1.82, 2.24) is 10.0 Å². The van der Waals surface area contributed by atoms with Gasteiger partial charge in [-0.1, -0.05) is 73.1 Å². The lowest BCUT2D eigenvalue weighted by molar-refractivity contribution is -0.157. The Kier molecular flexibility index (Phi) is 5.41. The summed E-state index contributed by atoms with van der Waals surface area (Å²) in [6, 6.07) is 14.0.